The summed E-state index contributed by atoms with van der Waals surface area (Å²) in [6.07, 6.45) is 1.57. The lowest BCUT2D eigenvalue weighted by molar-refractivity contribution is -0.134. The molecule has 1 aliphatic heterocycles. The van der Waals surface area contributed by atoms with Gasteiger partial charge in [-0.2, -0.15) is 0 Å². The Kier molecular flexibility index (Phi) is 8.66. The van der Waals surface area contributed by atoms with Crippen molar-refractivity contribution in [3.63, 3.8) is 0 Å². The van der Waals surface area contributed by atoms with Crippen molar-refractivity contribution in [2.45, 2.75) is 25.8 Å². The van der Waals surface area contributed by atoms with Crippen LogP contribution in [0.25, 0.3) is 0 Å². The number of carbonyl (C=O) groups is 1. The van der Waals surface area contributed by atoms with Crippen LogP contribution in [0.2, 0.25) is 0 Å². The second-order valence-corrected chi connectivity index (χ2v) is 7.13. The molecule has 1 heterocycles. The third-order valence-electron chi connectivity index (χ3n) is 3.13. The van der Waals surface area contributed by atoms with E-state index in [1.807, 2.05) is 0 Å². The third-order valence-corrected chi connectivity index (χ3v) is 4.53. The van der Waals surface area contributed by atoms with Crippen LogP contribution in [0.1, 0.15) is 19.8 Å². The van der Waals surface area contributed by atoms with Gasteiger partial charge in [-0.05, 0) is 38.1 Å². The second-order valence-electron chi connectivity index (χ2n) is 5.26. The molecule has 1 saturated heterocycles. The SMILES string of the molecule is CC(=O)O.O=S(=O)(CCOc1ccccc1F)NC1CCNCC1. The smallest absolute Gasteiger partial charge is 0.300 e. The first-order chi connectivity index (χ1) is 11.3. The number of piperidine rings is 1. The summed E-state index contributed by atoms with van der Waals surface area (Å²) in [5.74, 6) is -1.42. The van der Waals surface area contributed by atoms with Crippen LogP contribution in [-0.4, -0.2) is 51.0 Å². The maximum Gasteiger partial charge on any atom is 0.300 e. The van der Waals surface area contributed by atoms with Crippen LogP contribution < -0.4 is 14.8 Å². The average Bonchev–Trinajstić information content (AvgIpc) is 2.49. The lowest BCUT2D eigenvalue weighted by Gasteiger charge is -2.23. The molecule has 0 aliphatic carbocycles. The van der Waals surface area contributed by atoms with Crippen molar-refractivity contribution in [1.29, 1.82) is 0 Å². The molecule has 1 aromatic carbocycles. The van der Waals surface area contributed by atoms with Gasteiger partial charge in [0.05, 0.1) is 5.75 Å². The number of para-hydroxylation sites is 1. The Labute approximate surface area is 141 Å². The molecule has 136 valence electrons. The minimum absolute atomic E-state index is 0.0188. The molecule has 0 unspecified atom stereocenters. The number of rotatable bonds is 6. The van der Waals surface area contributed by atoms with E-state index in [1.165, 1.54) is 12.1 Å². The molecule has 0 atom stereocenters. The predicted octanol–water partition coefficient (Wildman–Crippen LogP) is 0.967. The molecule has 0 aromatic heterocycles. The summed E-state index contributed by atoms with van der Waals surface area (Å²) >= 11 is 0. The number of sulfonamides is 1. The Bertz CT molecular complexity index is 614. The fourth-order valence-electron chi connectivity index (χ4n) is 2.08. The van der Waals surface area contributed by atoms with Crippen LogP contribution in [0.4, 0.5) is 4.39 Å². The van der Waals surface area contributed by atoms with Gasteiger partial charge in [-0.3, -0.25) is 4.79 Å². The zero-order chi connectivity index (χ0) is 18.0. The number of carboxylic acids is 1. The Hall–Kier alpha value is -1.71. The summed E-state index contributed by atoms with van der Waals surface area (Å²) in [4.78, 5) is 9.00. The first kappa shape index (κ1) is 20.3. The van der Waals surface area contributed by atoms with Crippen molar-refractivity contribution < 1.29 is 27.4 Å². The van der Waals surface area contributed by atoms with Crippen molar-refractivity contribution >= 4 is 16.0 Å². The molecule has 0 saturated carbocycles. The predicted molar refractivity (Wildman–Crippen MR) is 88.0 cm³/mol. The first-order valence-electron chi connectivity index (χ1n) is 7.58. The summed E-state index contributed by atoms with van der Waals surface area (Å²) in [5, 5.41) is 10.6. The van der Waals surface area contributed by atoms with Crippen LogP contribution in [0.5, 0.6) is 5.75 Å². The first-order valence-corrected chi connectivity index (χ1v) is 9.23. The van der Waals surface area contributed by atoms with E-state index >= 15 is 0 Å². The van der Waals surface area contributed by atoms with Gasteiger partial charge in [0.15, 0.2) is 11.6 Å². The zero-order valence-electron chi connectivity index (χ0n) is 13.5. The lowest BCUT2D eigenvalue weighted by Crippen LogP contribution is -2.44. The van der Waals surface area contributed by atoms with Crippen molar-refractivity contribution in [2.75, 3.05) is 25.4 Å². The number of ether oxygens (including phenoxy) is 1. The van der Waals surface area contributed by atoms with Crippen molar-refractivity contribution in [2.24, 2.45) is 0 Å². The summed E-state index contributed by atoms with van der Waals surface area (Å²) in [6.45, 7) is 2.65. The fourth-order valence-corrected chi connectivity index (χ4v) is 3.24. The maximum atomic E-state index is 13.3. The molecule has 7 nitrogen and oxygen atoms in total. The highest BCUT2D eigenvalue weighted by atomic mass is 32.2. The van der Waals surface area contributed by atoms with Gasteiger partial charge in [0.1, 0.15) is 6.61 Å². The standard InChI is InChI=1S/C13H19FN2O3S.C2H4O2/c14-12-3-1-2-4-13(12)19-9-10-20(17,18)16-11-5-7-15-8-6-11;1-2(3)4/h1-4,11,15-16H,5-10H2;1H3,(H,3,4). The van der Waals surface area contributed by atoms with E-state index < -0.39 is 21.8 Å². The third kappa shape index (κ3) is 8.80. The number of benzene rings is 1. The number of carboxylic acid groups (broad SMARTS) is 1. The van der Waals surface area contributed by atoms with Crippen molar-refractivity contribution in [3.8, 4) is 5.75 Å². The molecule has 1 fully saturated rings. The Morgan fingerprint density at radius 2 is 1.96 bits per heavy atom. The minimum atomic E-state index is -3.39. The van der Waals surface area contributed by atoms with Crippen LogP contribution >= 0.6 is 0 Å². The summed E-state index contributed by atoms with van der Waals surface area (Å²) < 4.78 is 44.8. The van der Waals surface area contributed by atoms with Gasteiger partial charge in [0.25, 0.3) is 5.97 Å². The van der Waals surface area contributed by atoms with Gasteiger partial charge < -0.3 is 15.2 Å². The van der Waals surface area contributed by atoms with E-state index in [-0.39, 0.29) is 24.2 Å². The zero-order valence-corrected chi connectivity index (χ0v) is 14.3. The van der Waals surface area contributed by atoms with Crippen molar-refractivity contribution in [3.05, 3.63) is 30.1 Å². The molecule has 2 rings (SSSR count). The number of aliphatic carboxylic acids is 1. The number of hydrogen-bond donors (Lipinski definition) is 3. The van der Waals surface area contributed by atoms with Gasteiger partial charge in [0, 0.05) is 13.0 Å². The molecule has 0 spiro atoms. The maximum absolute atomic E-state index is 13.3. The molecule has 0 amide bonds. The number of hydrogen-bond acceptors (Lipinski definition) is 5. The van der Waals surface area contributed by atoms with Gasteiger partial charge >= 0.3 is 0 Å². The van der Waals surface area contributed by atoms with E-state index in [2.05, 4.69) is 10.0 Å². The number of nitrogens with one attached hydrogen (secondary N) is 2. The molecule has 1 aliphatic rings. The van der Waals surface area contributed by atoms with Crippen LogP contribution in [0.15, 0.2) is 24.3 Å². The van der Waals surface area contributed by atoms with Gasteiger partial charge in [0.2, 0.25) is 10.0 Å². The minimum Gasteiger partial charge on any atom is -0.489 e. The van der Waals surface area contributed by atoms with E-state index in [1.54, 1.807) is 12.1 Å². The van der Waals surface area contributed by atoms with Crippen LogP contribution in [0, 0.1) is 5.82 Å². The monoisotopic (exact) mass is 362 g/mol. The summed E-state index contributed by atoms with van der Waals surface area (Å²) in [7, 11) is -3.39. The second kappa shape index (κ2) is 10.2. The highest BCUT2D eigenvalue weighted by Crippen LogP contribution is 2.15. The van der Waals surface area contributed by atoms with E-state index in [0.717, 1.165) is 32.9 Å². The molecule has 3 N–H and O–H groups in total. The normalized spacial score (nSPS) is 15.2. The molecular formula is C15H23FN2O5S. The van der Waals surface area contributed by atoms with Crippen LogP contribution in [0.3, 0.4) is 0 Å². The fraction of sp³-hybridized carbons (Fsp3) is 0.533. The number of halogens is 1. The van der Waals surface area contributed by atoms with Crippen LogP contribution in [-0.2, 0) is 14.8 Å². The highest BCUT2D eigenvalue weighted by Gasteiger charge is 2.20. The Morgan fingerprint density at radius 3 is 2.54 bits per heavy atom. The molecule has 0 radical (unpaired) electrons. The molecular weight excluding hydrogens is 339 g/mol. The van der Waals surface area contributed by atoms with E-state index in [9.17, 15) is 12.8 Å². The van der Waals surface area contributed by atoms with E-state index in [4.69, 9.17) is 14.6 Å². The molecule has 1 aromatic rings. The van der Waals surface area contributed by atoms with Gasteiger partial charge in [-0.25, -0.2) is 17.5 Å². The van der Waals surface area contributed by atoms with Gasteiger partial charge in [-0.1, -0.05) is 12.1 Å². The average molecular weight is 362 g/mol. The Balaban J connectivity index is 0.000000648. The highest BCUT2D eigenvalue weighted by molar-refractivity contribution is 7.89. The molecule has 0 bridgehead atoms. The molecule has 24 heavy (non-hydrogen) atoms. The topological polar surface area (TPSA) is 105 Å². The van der Waals surface area contributed by atoms with Crippen molar-refractivity contribution in [1.82, 2.24) is 10.0 Å². The quantitative estimate of drug-likeness (QED) is 0.696. The van der Waals surface area contributed by atoms with E-state index in [0.29, 0.717) is 0 Å². The Morgan fingerprint density at radius 1 is 1.38 bits per heavy atom. The largest absolute Gasteiger partial charge is 0.489 e. The van der Waals surface area contributed by atoms with Gasteiger partial charge in [-0.15, -0.1) is 0 Å². The summed E-state index contributed by atoms with van der Waals surface area (Å²) in [5.41, 5.74) is 0. The lowest BCUT2D eigenvalue weighted by atomic mass is 10.1. The summed E-state index contributed by atoms with van der Waals surface area (Å²) in [6, 6.07) is 5.92. The molecule has 9 heteroatoms.